The fourth-order valence-electron chi connectivity index (χ4n) is 6.87. The molecule has 0 spiro atoms. The minimum atomic E-state index is -1.90. The van der Waals surface area contributed by atoms with Crippen LogP contribution in [0, 0.1) is 0 Å². The molecule has 20 heteroatoms. The van der Waals surface area contributed by atoms with Crippen molar-refractivity contribution in [2.45, 2.75) is 137 Å². The van der Waals surface area contributed by atoms with Gasteiger partial charge in [-0.05, 0) is 70.6 Å². The third kappa shape index (κ3) is 9.79. The number of Topliss-reactive ketones (excluding diaryl/α,β-unsaturated/α-hetero) is 4. The summed E-state index contributed by atoms with van der Waals surface area (Å²) in [4.78, 5) is 55.7. The summed E-state index contributed by atoms with van der Waals surface area (Å²) in [5.74, 6) is 45.5. The van der Waals surface area contributed by atoms with Gasteiger partial charge in [0.25, 0.3) is 0 Å². The van der Waals surface area contributed by atoms with Gasteiger partial charge in [-0.1, -0.05) is 0 Å². The van der Waals surface area contributed by atoms with E-state index in [1.807, 2.05) is 0 Å². The van der Waals surface area contributed by atoms with E-state index in [9.17, 15) is 19.2 Å². The summed E-state index contributed by atoms with van der Waals surface area (Å²) in [6.07, 6.45) is 2.59. The van der Waals surface area contributed by atoms with Crippen LogP contribution in [0.5, 0.6) is 0 Å². The van der Waals surface area contributed by atoms with E-state index in [0.717, 1.165) is 0 Å². The predicted molar refractivity (Wildman–Crippen MR) is 171 cm³/mol. The third-order valence-electron chi connectivity index (χ3n) is 9.95. The van der Waals surface area contributed by atoms with E-state index in [4.69, 9.17) is 46.7 Å². The monoisotopic (exact) mass is 658 g/mol. The van der Waals surface area contributed by atoms with E-state index in [1.54, 1.807) is 0 Å². The van der Waals surface area contributed by atoms with Gasteiger partial charge in [0.1, 0.15) is 11.1 Å². The van der Waals surface area contributed by atoms with Crippen LogP contribution in [-0.4, -0.2) is 70.5 Å². The SMILES string of the molecule is NNC1CCC(NN)CCC(NN)(C2(NN)CCCC(NN)C(=O)CC(NN)CCC(NN)CC2=O)C(=O)CC(=O)C(NN)CC1. The van der Waals surface area contributed by atoms with Crippen LogP contribution in [0.2, 0.25) is 0 Å². The molecule has 0 aromatic rings. The van der Waals surface area contributed by atoms with Crippen molar-refractivity contribution in [2.75, 3.05) is 0 Å². The molecule has 0 aromatic heterocycles. The first-order valence-electron chi connectivity index (χ1n) is 15.9. The Morgan fingerprint density at radius 2 is 0.913 bits per heavy atom. The molecule has 0 saturated heterocycles. The van der Waals surface area contributed by atoms with Gasteiger partial charge in [0.2, 0.25) is 0 Å². The number of carbonyl (C=O) groups excluding carboxylic acids is 4. The molecule has 0 radical (unpaired) electrons. The predicted octanol–water partition coefficient (Wildman–Crippen LogP) is -5.85. The zero-order valence-electron chi connectivity index (χ0n) is 26.6. The lowest BCUT2D eigenvalue weighted by Crippen LogP contribution is -2.79. The molecule has 2 rings (SSSR count). The van der Waals surface area contributed by atoms with Crippen LogP contribution in [0.4, 0.5) is 0 Å². The molecule has 8 atom stereocenters. The lowest BCUT2D eigenvalue weighted by Gasteiger charge is -2.49. The number of nitrogens with two attached hydrogens (primary N) is 8. The quantitative estimate of drug-likeness (QED) is 0.0622. The van der Waals surface area contributed by atoms with E-state index in [1.165, 1.54) is 0 Å². The molecule has 24 N–H and O–H groups in total. The van der Waals surface area contributed by atoms with Gasteiger partial charge in [-0.2, -0.15) is 0 Å². The molecule has 2 aliphatic rings. The van der Waals surface area contributed by atoms with E-state index < -0.39 is 59.0 Å². The minimum Gasteiger partial charge on any atom is -0.298 e. The van der Waals surface area contributed by atoms with E-state index in [-0.39, 0.29) is 62.8 Å². The summed E-state index contributed by atoms with van der Waals surface area (Å²) in [6, 6.07) is -3.08. The van der Waals surface area contributed by atoms with Gasteiger partial charge in [0.15, 0.2) is 23.1 Å². The van der Waals surface area contributed by atoms with Crippen molar-refractivity contribution in [2.24, 2.45) is 46.7 Å². The molecule has 20 nitrogen and oxygen atoms in total. The second-order valence-electron chi connectivity index (χ2n) is 12.5. The van der Waals surface area contributed by atoms with Gasteiger partial charge in [-0.25, -0.2) is 21.7 Å². The van der Waals surface area contributed by atoms with Gasteiger partial charge < -0.3 is 0 Å². The molecule has 0 amide bonds. The smallest absolute Gasteiger partial charge is 0.163 e. The van der Waals surface area contributed by atoms with Crippen molar-refractivity contribution in [3.63, 3.8) is 0 Å². The number of hydrogen-bond acceptors (Lipinski definition) is 20. The Balaban J connectivity index is 2.70. The number of hydrazine groups is 8. The molecular formula is C26H58N16O4. The Labute approximate surface area is 269 Å². The van der Waals surface area contributed by atoms with Crippen LogP contribution < -0.4 is 90.1 Å². The lowest BCUT2D eigenvalue weighted by molar-refractivity contribution is -0.143. The fraction of sp³-hybridized carbons (Fsp3) is 0.846. The first kappa shape index (κ1) is 40.2. The summed E-state index contributed by atoms with van der Waals surface area (Å²) in [5.41, 5.74) is 17.5. The molecule has 0 aromatic carbocycles. The fourth-order valence-corrected chi connectivity index (χ4v) is 6.87. The number of nitrogens with one attached hydrogen (secondary N) is 8. The van der Waals surface area contributed by atoms with Gasteiger partial charge >= 0.3 is 0 Å². The van der Waals surface area contributed by atoms with Gasteiger partial charge in [-0.3, -0.25) is 87.6 Å². The normalized spacial score (nSPS) is 35.7. The number of rotatable bonds is 9. The number of carbonyl (C=O) groups is 4. The molecule has 8 unspecified atom stereocenters. The van der Waals surface area contributed by atoms with Crippen LogP contribution in [0.3, 0.4) is 0 Å². The van der Waals surface area contributed by atoms with Crippen molar-refractivity contribution in [1.29, 1.82) is 0 Å². The van der Waals surface area contributed by atoms with Gasteiger partial charge in [-0.15, -0.1) is 0 Å². The largest absolute Gasteiger partial charge is 0.298 e. The summed E-state index contributed by atoms with van der Waals surface area (Å²) in [5, 5.41) is 0. The second-order valence-corrected chi connectivity index (χ2v) is 12.5. The maximum absolute atomic E-state index is 14.6. The van der Waals surface area contributed by atoms with E-state index in [0.29, 0.717) is 38.5 Å². The third-order valence-corrected chi connectivity index (χ3v) is 9.95. The van der Waals surface area contributed by atoms with Gasteiger partial charge in [0, 0.05) is 37.0 Å². The van der Waals surface area contributed by atoms with Gasteiger partial charge in [0.05, 0.1) is 18.5 Å². The molecule has 2 saturated carbocycles. The number of ketones is 4. The highest BCUT2D eigenvalue weighted by Crippen LogP contribution is 2.37. The average Bonchev–Trinajstić information content (AvgIpc) is 3.07. The molecular weight excluding hydrogens is 600 g/mol. The molecule has 266 valence electrons. The molecule has 46 heavy (non-hydrogen) atoms. The van der Waals surface area contributed by atoms with E-state index in [2.05, 4.69) is 43.4 Å². The maximum atomic E-state index is 14.6. The number of hydrogen-bond donors (Lipinski definition) is 16. The molecule has 2 fully saturated rings. The summed E-state index contributed by atoms with van der Waals surface area (Å²) in [7, 11) is 0. The second kappa shape index (κ2) is 19.8. The van der Waals surface area contributed by atoms with Crippen molar-refractivity contribution < 1.29 is 19.2 Å². The highest BCUT2D eigenvalue weighted by atomic mass is 16.2. The van der Waals surface area contributed by atoms with Crippen molar-refractivity contribution >= 4 is 23.1 Å². The summed E-state index contributed by atoms with van der Waals surface area (Å²) in [6.45, 7) is 0. The first-order chi connectivity index (χ1) is 22.0. The maximum Gasteiger partial charge on any atom is 0.163 e. The molecule has 0 bridgehead atoms. The van der Waals surface area contributed by atoms with Crippen molar-refractivity contribution in [1.82, 2.24) is 43.4 Å². The summed E-state index contributed by atoms with van der Waals surface area (Å²) >= 11 is 0. The highest BCUT2D eigenvalue weighted by molar-refractivity contribution is 6.09. The minimum absolute atomic E-state index is 0.0424. The standard InChI is InChI=1S/C26H58N16O4/c27-35-15-3-4-16(36-28)9-11-26(42-34,24(46)14-22(44)20(40-32)8-7-15)25(41-33)10-1-2-19(39-31)21(43)12-17(37-29)5-6-18(38-30)13-23(25)45/h15-20,35-42H,1-14,27-34H2. The van der Waals surface area contributed by atoms with Crippen molar-refractivity contribution in [3.8, 4) is 0 Å². The zero-order valence-corrected chi connectivity index (χ0v) is 26.6. The Morgan fingerprint density at radius 3 is 1.43 bits per heavy atom. The lowest BCUT2D eigenvalue weighted by atomic mass is 9.64. The van der Waals surface area contributed by atoms with Crippen LogP contribution in [0.25, 0.3) is 0 Å². The Bertz CT molecular complexity index is 994. The Kier molecular flexibility index (Phi) is 17.3. The van der Waals surface area contributed by atoms with Crippen molar-refractivity contribution in [3.05, 3.63) is 0 Å². The van der Waals surface area contributed by atoms with E-state index >= 15 is 0 Å². The van der Waals surface area contributed by atoms with Crippen LogP contribution >= 0.6 is 0 Å². The van der Waals surface area contributed by atoms with Crippen LogP contribution in [-0.2, 0) is 19.2 Å². The Hall–Kier alpha value is -1.96. The average molecular weight is 659 g/mol. The zero-order chi connectivity index (χ0) is 34.3. The first-order valence-corrected chi connectivity index (χ1v) is 15.9. The molecule has 2 aliphatic carbocycles. The highest BCUT2D eigenvalue weighted by Gasteiger charge is 2.59. The Morgan fingerprint density at radius 1 is 0.457 bits per heavy atom. The summed E-state index contributed by atoms with van der Waals surface area (Å²) < 4.78 is 0. The topological polar surface area (TPSA) is 373 Å². The molecule has 0 aliphatic heterocycles. The van der Waals surface area contributed by atoms with Crippen LogP contribution in [0.15, 0.2) is 0 Å². The van der Waals surface area contributed by atoms with Crippen LogP contribution in [0.1, 0.15) is 89.9 Å². The molecule has 0 heterocycles.